The molecule has 0 atom stereocenters. The summed E-state index contributed by atoms with van der Waals surface area (Å²) in [6, 6.07) is 62.3. The molecule has 12 aromatic rings. The van der Waals surface area contributed by atoms with Crippen molar-refractivity contribution in [1.29, 1.82) is 0 Å². The van der Waals surface area contributed by atoms with Gasteiger partial charge in [0.1, 0.15) is 16.7 Å². The number of para-hydroxylation sites is 2. The number of hydrogen-bond acceptors (Lipinski definition) is 6. The first kappa shape index (κ1) is 32.3. The van der Waals surface area contributed by atoms with E-state index in [1.165, 1.54) is 0 Å². The molecule has 0 saturated heterocycles. The molecule has 0 aliphatic carbocycles. The van der Waals surface area contributed by atoms with E-state index in [9.17, 15) is 0 Å². The molecule has 6 heteroatoms. The van der Waals surface area contributed by atoms with Crippen LogP contribution in [0.3, 0.4) is 0 Å². The van der Waals surface area contributed by atoms with E-state index in [1.807, 2.05) is 78.9 Å². The van der Waals surface area contributed by atoms with Crippen molar-refractivity contribution in [3.8, 4) is 56.7 Å². The van der Waals surface area contributed by atoms with Crippen LogP contribution < -0.4 is 0 Å². The van der Waals surface area contributed by atoms with Crippen LogP contribution in [-0.2, 0) is 0 Å². The van der Waals surface area contributed by atoms with Gasteiger partial charge in [0.25, 0.3) is 0 Å². The zero-order chi connectivity index (χ0) is 38.2. The quantitative estimate of drug-likeness (QED) is 0.163. The summed E-state index contributed by atoms with van der Waals surface area (Å²) in [5.41, 5.74) is 8.84. The van der Waals surface area contributed by atoms with E-state index in [0.717, 1.165) is 98.7 Å². The molecule has 12 rings (SSSR count). The van der Waals surface area contributed by atoms with E-state index >= 15 is 0 Å². The van der Waals surface area contributed by atoms with Crippen molar-refractivity contribution < 1.29 is 8.83 Å². The standard InChI is InChI=1S/C52H30N4O2/c1-3-12-31(13-4-1)37-16-7-8-18-41(37)50-54-49(55-51(56-50)42-20-11-19-40-39-17-9-10-21-44(39)57-47(40)42)36-26-28-38-35(30-36)25-24-32-22-23-33-27-29-43-48(46(33)45(32)38)58-52(53-43)34-14-5-2-6-15-34/h1-30H. The van der Waals surface area contributed by atoms with Crippen LogP contribution in [0.2, 0.25) is 0 Å². The lowest BCUT2D eigenvalue weighted by Gasteiger charge is -2.13. The Hall–Kier alpha value is -7.96. The van der Waals surface area contributed by atoms with Crippen molar-refractivity contribution in [3.63, 3.8) is 0 Å². The monoisotopic (exact) mass is 742 g/mol. The molecule has 3 aromatic heterocycles. The van der Waals surface area contributed by atoms with Gasteiger partial charge in [0.2, 0.25) is 5.89 Å². The second-order valence-electron chi connectivity index (χ2n) is 14.6. The smallest absolute Gasteiger partial charge is 0.227 e. The van der Waals surface area contributed by atoms with E-state index < -0.39 is 0 Å². The molecule has 0 aliphatic heterocycles. The van der Waals surface area contributed by atoms with E-state index in [-0.39, 0.29) is 0 Å². The maximum atomic E-state index is 6.57. The zero-order valence-corrected chi connectivity index (χ0v) is 30.9. The van der Waals surface area contributed by atoms with Crippen LogP contribution in [0, 0.1) is 0 Å². The second kappa shape index (κ2) is 12.8. The Labute approximate surface area is 331 Å². The van der Waals surface area contributed by atoms with Gasteiger partial charge in [0, 0.05) is 38.2 Å². The SMILES string of the molecule is c1ccc(-c2nc3ccc4ccc5ccc6cc(-c7nc(-c8ccccc8-c8ccccc8)nc(-c8cccc9c8oc8ccccc89)n7)ccc6c5c4c3o2)cc1. The molecule has 0 N–H and O–H groups in total. The summed E-state index contributed by atoms with van der Waals surface area (Å²) < 4.78 is 13.1. The highest BCUT2D eigenvalue weighted by atomic mass is 16.3. The predicted octanol–water partition coefficient (Wildman–Crippen LogP) is 13.7. The summed E-state index contributed by atoms with van der Waals surface area (Å²) >= 11 is 0. The Bertz CT molecular complexity index is 3570. The fraction of sp³-hybridized carbons (Fsp3) is 0. The highest BCUT2D eigenvalue weighted by Gasteiger charge is 2.20. The molecule has 58 heavy (non-hydrogen) atoms. The van der Waals surface area contributed by atoms with Gasteiger partial charge in [-0.05, 0) is 69.1 Å². The normalized spacial score (nSPS) is 11.8. The molecule has 0 amide bonds. The van der Waals surface area contributed by atoms with Gasteiger partial charge >= 0.3 is 0 Å². The third-order valence-electron chi connectivity index (χ3n) is 11.1. The number of furan rings is 1. The number of fused-ring (bicyclic) bond motifs is 10. The topological polar surface area (TPSA) is 77.8 Å². The highest BCUT2D eigenvalue weighted by molar-refractivity contribution is 6.26. The van der Waals surface area contributed by atoms with E-state index in [2.05, 4.69) is 103 Å². The number of rotatable bonds is 5. The fourth-order valence-electron chi connectivity index (χ4n) is 8.41. The summed E-state index contributed by atoms with van der Waals surface area (Å²) in [5.74, 6) is 2.30. The summed E-state index contributed by atoms with van der Waals surface area (Å²) in [5, 5.41) is 8.62. The number of aromatic nitrogens is 4. The van der Waals surface area contributed by atoms with Gasteiger partial charge in [0.05, 0.1) is 5.56 Å². The number of nitrogens with zero attached hydrogens (tertiary/aromatic N) is 4. The van der Waals surface area contributed by atoms with Gasteiger partial charge in [-0.25, -0.2) is 19.9 Å². The second-order valence-corrected chi connectivity index (χ2v) is 14.6. The van der Waals surface area contributed by atoms with Gasteiger partial charge in [-0.2, -0.15) is 0 Å². The Balaban J connectivity index is 1.08. The Morgan fingerprint density at radius 2 is 0.948 bits per heavy atom. The summed E-state index contributed by atoms with van der Waals surface area (Å²) in [7, 11) is 0. The van der Waals surface area contributed by atoms with Gasteiger partial charge in [-0.15, -0.1) is 0 Å². The largest absolute Gasteiger partial charge is 0.455 e. The molecule has 0 radical (unpaired) electrons. The minimum absolute atomic E-state index is 0.541. The molecule has 0 spiro atoms. The highest BCUT2D eigenvalue weighted by Crippen LogP contribution is 2.41. The van der Waals surface area contributed by atoms with Gasteiger partial charge in [-0.1, -0.05) is 146 Å². The molecule has 6 nitrogen and oxygen atoms in total. The van der Waals surface area contributed by atoms with Gasteiger partial charge in [0.15, 0.2) is 23.1 Å². The van der Waals surface area contributed by atoms with Crippen molar-refractivity contribution in [3.05, 3.63) is 182 Å². The summed E-state index contributed by atoms with van der Waals surface area (Å²) in [4.78, 5) is 20.5. The van der Waals surface area contributed by atoms with Crippen LogP contribution in [0.15, 0.2) is 191 Å². The Morgan fingerprint density at radius 1 is 0.328 bits per heavy atom. The number of oxazole rings is 1. The lowest BCUT2D eigenvalue weighted by atomic mass is 9.95. The maximum absolute atomic E-state index is 6.57. The molecular formula is C52H30N4O2. The molecule has 0 bridgehead atoms. The van der Waals surface area contributed by atoms with Crippen molar-refractivity contribution in [2.24, 2.45) is 0 Å². The predicted molar refractivity (Wildman–Crippen MR) is 234 cm³/mol. The first-order chi connectivity index (χ1) is 28.7. The number of hydrogen-bond donors (Lipinski definition) is 0. The fourth-order valence-corrected chi connectivity index (χ4v) is 8.41. The van der Waals surface area contributed by atoms with Crippen molar-refractivity contribution in [2.45, 2.75) is 0 Å². The number of benzene rings is 9. The summed E-state index contributed by atoms with van der Waals surface area (Å²) in [6.45, 7) is 0. The van der Waals surface area contributed by atoms with Crippen molar-refractivity contribution >= 4 is 65.4 Å². The molecule has 3 heterocycles. The molecule has 9 aromatic carbocycles. The third kappa shape index (κ3) is 5.12. The lowest BCUT2D eigenvalue weighted by Crippen LogP contribution is -2.01. The first-order valence-electron chi connectivity index (χ1n) is 19.3. The van der Waals surface area contributed by atoms with Crippen LogP contribution >= 0.6 is 0 Å². The maximum Gasteiger partial charge on any atom is 0.227 e. The molecule has 0 unspecified atom stereocenters. The first-order valence-corrected chi connectivity index (χ1v) is 19.3. The van der Waals surface area contributed by atoms with Crippen molar-refractivity contribution in [1.82, 2.24) is 19.9 Å². The average molecular weight is 743 g/mol. The van der Waals surface area contributed by atoms with Crippen LogP contribution in [0.1, 0.15) is 0 Å². The van der Waals surface area contributed by atoms with E-state index in [1.54, 1.807) is 0 Å². The van der Waals surface area contributed by atoms with Gasteiger partial charge in [-0.3, -0.25) is 0 Å². The summed E-state index contributed by atoms with van der Waals surface area (Å²) in [6.07, 6.45) is 0. The minimum Gasteiger partial charge on any atom is -0.455 e. The van der Waals surface area contributed by atoms with E-state index in [4.69, 9.17) is 28.8 Å². The van der Waals surface area contributed by atoms with Gasteiger partial charge < -0.3 is 8.83 Å². The average Bonchev–Trinajstić information content (AvgIpc) is 3.91. The van der Waals surface area contributed by atoms with Crippen LogP contribution in [0.4, 0.5) is 0 Å². The molecule has 270 valence electrons. The molecule has 0 saturated carbocycles. The van der Waals surface area contributed by atoms with Crippen LogP contribution in [0.25, 0.3) is 122 Å². The lowest BCUT2D eigenvalue weighted by molar-refractivity contribution is 0.623. The van der Waals surface area contributed by atoms with E-state index in [0.29, 0.717) is 23.4 Å². The minimum atomic E-state index is 0.541. The van der Waals surface area contributed by atoms with Crippen LogP contribution in [0.5, 0.6) is 0 Å². The van der Waals surface area contributed by atoms with Crippen LogP contribution in [-0.4, -0.2) is 19.9 Å². The van der Waals surface area contributed by atoms with Crippen molar-refractivity contribution in [2.75, 3.05) is 0 Å². The zero-order valence-electron chi connectivity index (χ0n) is 30.9. The Kier molecular flexibility index (Phi) is 7.13. The molecule has 0 fully saturated rings. The third-order valence-corrected chi connectivity index (χ3v) is 11.1. The molecule has 0 aliphatic rings. The molecular weight excluding hydrogens is 713 g/mol. The Morgan fingerprint density at radius 3 is 1.78 bits per heavy atom.